The zero-order valence-corrected chi connectivity index (χ0v) is 17.0. The molecule has 1 saturated heterocycles. The maximum atomic E-state index is 12.6. The Bertz CT molecular complexity index is 911. The van der Waals surface area contributed by atoms with E-state index in [4.69, 9.17) is 0 Å². The van der Waals surface area contributed by atoms with Crippen molar-refractivity contribution in [2.75, 3.05) is 32.7 Å². The van der Waals surface area contributed by atoms with Crippen molar-refractivity contribution >= 4 is 15.8 Å². The number of benzene rings is 1. The van der Waals surface area contributed by atoms with Crippen LogP contribution in [0.15, 0.2) is 36.4 Å². The lowest BCUT2D eigenvalue weighted by atomic mass is 10.1. The number of hydrogen-bond donors (Lipinski definition) is 0. The first-order valence-corrected chi connectivity index (χ1v) is 10.8. The number of aromatic nitrogens is 1. The van der Waals surface area contributed by atoms with E-state index in [1.165, 1.54) is 0 Å². The molecule has 0 spiro atoms. The zero-order chi connectivity index (χ0) is 19.6. The van der Waals surface area contributed by atoms with Crippen LogP contribution in [0.5, 0.6) is 0 Å². The molecule has 6 nitrogen and oxygen atoms in total. The quantitative estimate of drug-likeness (QED) is 0.709. The first-order valence-electron chi connectivity index (χ1n) is 9.18. The average Bonchev–Trinajstić information content (AvgIpc) is 2.90. The number of nitrogens with zero attached hydrogens (tertiary/aromatic N) is 3. The zero-order valence-electron chi connectivity index (χ0n) is 16.2. The van der Waals surface area contributed by atoms with Gasteiger partial charge in [-0.3, -0.25) is 9.69 Å². The van der Waals surface area contributed by atoms with Crippen molar-refractivity contribution in [3.63, 3.8) is 0 Å². The Morgan fingerprint density at radius 3 is 2.22 bits per heavy atom. The number of aryl methyl sites for hydroxylation is 1. The number of carbonyl (C=O) groups excluding carboxylic acids is 1. The summed E-state index contributed by atoms with van der Waals surface area (Å²) in [5, 5.41) is 0. The molecule has 0 bridgehead atoms. The van der Waals surface area contributed by atoms with E-state index in [-0.39, 0.29) is 11.5 Å². The van der Waals surface area contributed by atoms with Crippen LogP contribution in [0.3, 0.4) is 0 Å². The highest BCUT2D eigenvalue weighted by Gasteiger charge is 2.28. The molecular weight excluding hydrogens is 362 g/mol. The molecule has 0 atom stereocenters. The third-order valence-electron chi connectivity index (χ3n) is 5.36. The molecule has 146 valence electrons. The normalized spacial score (nSPS) is 16.6. The summed E-state index contributed by atoms with van der Waals surface area (Å²) in [5.74, 6) is 0.117. The first kappa shape index (κ1) is 19.8. The molecule has 1 aliphatic rings. The standard InChI is InChI=1S/C20H27N3O3S/c1-16-13-19(17(2)21(16)3)20(24)14-22-9-11-23(12-10-22)27(25,26)15-18-7-5-4-6-8-18/h4-8,13H,9-12,14-15H2,1-3H3. The van der Waals surface area contributed by atoms with Crippen LogP contribution in [0.25, 0.3) is 0 Å². The first-order chi connectivity index (χ1) is 12.8. The maximum absolute atomic E-state index is 12.6. The lowest BCUT2D eigenvalue weighted by Gasteiger charge is -2.33. The third kappa shape index (κ3) is 4.48. The van der Waals surface area contributed by atoms with Gasteiger partial charge in [-0.1, -0.05) is 30.3 Å². The Morgan fingerprint density at radius 1 is 1.04 bits per heavy atom. The topological polar surface area (TPSA) is 62.6 Å². The van der Waals surface area contributed by atoms with Gasteiger partial charge in [-0.15, -0.1) is 0 Å². The summed E-state index contributed by atoms with van der Waals surface area (Å²) in [6.07, 6.45) is 0. The Labute approximate surface area is 161 Å². The van der Waals surface area contributed by atoms with Crippen LogP contribution in [0.1, 0.15) is 27.3 Å². The molecule has 0 saturated carbocycles. The molecule has 0 amide bonds. The molecule has 0 radical (unpaired) electrons. The van der Waals surface area contributed by atoms with Crippen molar-refractivity contribution < 1.29 is 13.2 Å². The highest BCUT2D eigenvalue weighted by molar-refractivity contribution is 7.88. The number of Topliss-reactive ketones (excluding diaryl/α,β-unsaturated/α-hetero) is 1. The Morgan fingerprint density at radius 2 is 1.67 bits per heavy atom. The average molecular weight is 390 g/mol. The summed E-state index contributed by atoms with van der Waals surface area (Å²) >= 11 is 0. The molecule has 2 heterocycles. The van der Waals surface area contributed by atoms with Gasteiger partial charge in [0, 0.05) is 50.2 Å². The predicted octanol–water partition coefficient (Wildman–Crippen LogP) is 1.97. The van der Waals surface area contributed by atoms with E-state index in [0.29, 0.717) is 32.7 Å². The minimum Gasteiger partial charge on any atom is -0.351 e. The van der Waals surface area contributed by atoms with Gasteiger partial charge in [-0.2, -0.15) is 4.31 Å². The van der Waals surface area contributed by atoms with Gasteiger partial charge < -0.3 is 4.57 Å². The van der Waals surface area contributed by atoms with Crippen molar-refractivity contribution in [1.82, 2.24) is 13.8 Å². The second-order valence-corrected chi connectivity index (χ2v) is 9.15. The SMILES string of the molecule is Cc1cc(C(=O)CN2CCN(S(=O)(=O)Cc3ccccc3)CC2)c(C)n1C. The Hall–Kier alpha value is -1.96. The van der Waals surface area contributed by atoms with Crippen molar-refractivity contribution in [2.24, 2.45) is 7.05 Å². The molecule has 1 fully saturated rings. The molecule has 0 N–H and O–H groups in total. The van der Waals surface area contributed by atoms with Crippen LogP contribution in [-0.4, -0.2) is 60.7 Å². The van der Waals surface area contributed by atoms with Gasteiger partial charge in [0.15, 0.2) is 5.78 Å². The molecule has 7 heteroatoms. The van der Waals surface area contributed by atoms with E-state index < -0.39 is 10.0 Å². The Kier molecular flexibility index (Phi) is 5.83. The number of sulfonamides is 1. The fourth-order valence-corrected chi connectivity index (χ4v) is 4.98. The van der Waals surface area contributed by atoms with Crippen LogP contribution >= 0.6 is 0 Å². The summed E-state index contributed by atoms with van der Waals surface area (Å²) in [6.45, 7) is 6.27. The van der Waals surface area contributed by atoms with Crippen LogP contribution in [-0.2, 0) is 22.8 Å². The minimum atomic E-state index is -3.33. The highest BCUT2D eigenvalue weighted by Crippen LogP contribution is 2.17. The smallest absolute Gasteiger partial charge is 0.218 e. The van der Waals surface area contributed by atoms with Crippen molar-refractivity contribution in [1.29, 1.82) is 0 Å². The Balaban J connectivity index is 1.57. The number of hydrogen-bond acceptors (Lipinski definition) is 4. The van der Waals surface area contributed by atoms with Gasteiger partial charge in [-0.25, -0.2) is 8.42 Å². The molecule has 2 aromatic rings. The van der Waals surface area contributed by atoms with E-state index in [9.17, 15) is 13.2 Å². The fraction of sp³-hybridized carbons (Fsp3) is 0.450. The lowest BCUT2D eigenvalue weighted by Crippen LogP contribution is -2.50. The van der Waals surface area contributed by atoms with Crippen molar-refractivity contribution in [2.45, 2.75) is 19.6 Å². The second kappa shape index (κ2) is 7.96. The molecule has 3 rings (SSSR count). The van der Waals surface area contributed by atoms with Crippen LogP contribution in [0.4, 0.5) is 0 Å². The molecule has 1 aromatic heterocycles. The molecule has 0 unspecified atom stereocenters. The summed E-state index contributed by atoms with van der Waals surface area (Å²) in [7, 11) is -1.37. The summed E-state index contributed by atoms with van der Waals surface area (Å²) < 4.78 is 28.8. The van der Waals surface area contributed by atoms with Gasteiger partial charge >= 0.3 is 0 Å². The fourth-order valence-electron chi connectivity index (χ4n) is 3.47. The van der Waals surface area contributed by atoms with Gasteiger partial charge in [0.1, 0.15) is 0 Å². The maximum Gasteiger partial charge on any atom is 0.218 e. The van der Waals surface area contributed by atoms with Gasteiger partial charge in [0.25, 0.3) is 0 Å². The highest BCUT2D eigenvalue weighted by atomic mass is 32.2. The number of piperazine rings is 1. The van der Waals surface area contributed by atoms with E-state index in [2.05, 4.69) is 0 Å². The lowest BCUT2D eigenvalue weighted by molar-refractivity contribution is 0.0901. The summed E-state index contributed by atoms with van der Waals surface area (Å²) in [6, 6.07) is 11.2. The van der Waals surface area contributed by atoms with Gasteiger partial charge in [0.2, 0.25) is 10.0 Å². The van der Waals surface area contributed by atoms with Crippen LogP contribution in [0, 0.1) is 13.8 Å². The summed E-state index contributed by atoms with van der Waals surface area (Å²) in [4.78, 5) is 14.7. The van der Waals surface area contributed by atoms with Crippen molar-refractivity contribution in [3.8, 4) is 0 Å². The monoisotopic (exact) mass is 389 g/mol. The van der Waals surface area contributed by atoms with E-state index in [1.807, 2.05) is 66.8 Å². The number of ketones is 1. The third-order valence-corrected chi connectivity index (χ3v) is 7.21. The van der Waals surface area contributed by atoms with Gasteiger partial charge in [-0.05, 0) is 25.5 Å². The summed E-state index contributed by atoms with van der Waals surface area (Å²) in [5.41, 5.74) is 3.59. The minimum absolute atomic E-state index is 0.0231. The van der Waals surface area contributed by atoms with Crippen molar-refractivity contribution in [3.05, 3.63) is 58.9 Å². The second-order valence-electron chi connectivity index (χ2n) is 7.18. The molecule has 1 aliphatic heterocycles. The van der Waals surface area contributed by atoms with Crippen LogP contribution < -0.4 is 0 Å². The number of rotatable bonds is 6. The molecule has 0 aliphatic carbocycles. The van der Waals surface area contributed by atoms with E-state index >= 15 is 0 Å². The molecular formula is C20H27N3O3S. The largest absolute Gasteiger partial charge is 0.351 e. The van der Waals surface area contributed by atoms with Gasteiger partial charge in [0.05, 0.1) is 12.3 Å². The van der Waals surface area contributed by atoms with E-state index in [0.717, 1.165) is 22.5 Å². The predicted molar refractivity (Wildman–Crippen MR) is 106 cm³/mol. The molecule has 27 heavy (non-hydrogen) atoms. The number of carbonyl (C=O) groups is 1. The molecule has 1 aromatic carbocycles. The van der Waals surface area contributed by atoms with Crippen LogP contribution in [0.2, 0.25) is 0 Å². The van der Waals surface area contributed by atoms with E-state index in [1.54, 1.807) is 4.31 Å².